The summed E-state index contributed by atoms with van der Waals surface area (Å²) in [6.07, 6.45) is 8.04. The molecule has 0 aliphatic rings. The Balaban J connectivity index is 0.00000729. The van der Waals surface area contributed by atoms with Crippen molar-refractivity contribution < 1.29 is 56.7 Å². The Bertz CT molecular complexity index is 606. The zero-order valence-electron chi connectivity index (χ0n) is 17.7. The monoisotopic (exact) mass is 424 g/mol. The van der Waals surface area contributed by atoms with Gasteiger partial charge < -0.3 is 18.8 Å². The van der Waals surface area contributed by atoms with Crippen molar-refractivity contribution in [3.05, 3.63) is 29.8 Å². The minimum atomic E-state index is -4.47. The molecule has 0 radical (unpaired) electrons. The molecule has 8 heteroatoms. The van der Waals surface area contributed by atoms with E-state index in [1.54, 1.807) is 6.92 Å². The van der Waals surface area contributed by atoms with E-state index in [0.29, 0.717) is 6.61 Å². The van der Waals surface area contributed by atoms with Crippen LogP contribution >= 0.6 is 0 Å². The Kier molecular flexibility index (Phi) is 15.6. The van der Waals surface area contributed by atoms with Crippen molar-refractivity contribution in [3.8, 4) is 5.75 Å². The first kappa shape index (κ1) is 27.8. The number of ether oxygens (including phenoxy) is 3. The van der Waals surface area contributed by atoms with Crippen LogP contribution < -0.4 is 34.3 Å². The van der Waals surface area contributed by atoms with Gasteiger partial charge in [-0.2, -0.15) is 0 Å². The van der Waals surface area contributed by atoms with Gasteiger partial charge in [0.25, 0.3) is 0 Å². The quantitative estimate of drug-likeness (QED) is 0.182. The topological polar surface area (TPSA) is 84.9 Å². The number of benzene rings is 1. The molecule has 156 valence electrons. The predicted octanol–water partition coefficient (Wildman–Crippen LogP) is 1.24. The molecule has 1 aromatic carbocycles. The van der Waals surface area contributed by atoms with E-state index in [4.69, 9.17) is 14.2 Å². The fraction of sp³-hybridized carbons (Fsp3) is 0.700. The van der Waals surface area contributed by atoms with Gasteiger partial charge in [-0.1, -0.05) is 51.2 Å². The van der Waals surface area contributed by atoms with E-state index in [0.717, 1.165) is 12.2 Å². The van der Waals surface area contributed by atoms with Crippen molar-refractivity contribution in [3.63, 3.8) is 0 Å². The SMILES string of the molecule is CCCCCCCCc1ccc(OCCOC(C)OC(C)S(=O)(=O)[O-])cc1.[Na+]. The van der Waals surface area contributed by atoms with Crippen LogP contribution in [0, 0.1) is 0 Å². The Labute approximate surface area is 192 Å². The molecule has 0 aliphatic heterocycles. The molecule has 0 spiro atoms. The molecule has 28 heavy (non-hydrogen) atoms. The third kappa shape index (κ3) is 13.1. The van der Waals surface area contributed by atoms with Gasteiger partial charge in [-0.15, -0.1) is 0 Å². The summed E-state index contributed by atoms with van der Waals surface area (Å²) in [5.74, 6) is 0.759. The zero-order chi connectivity index (χ0) is 20.1. The number of hydrogen-bond acceptors (Lipinski definition) is 6. The van der Waals surface area contributed by atoms with Crippen LogP contribution in [0.2, 0.25) is 0 Å². The van der Waals surface area contributed by atoms with Gasteiger partial charge in [0.15, 0.2) is 6.29 Å². The molecule has 0 amide bonds. The van der Waals surface area contributed by atoms with Gasteiger partial charge in [-0.25, -0.2) is 8.42 Å². The van der Waals surface area contributed by atoms with Crippen LogP contribution in [0.15, 0.2) is 24.3 Å². The molecule has 1 rings (SSSR count). The van der Waals surface area contributed by atoms with E-state index in [-0.39, 0.29) is 36.2 Å². The minimum Gasteiger partial charge on any atom is -0.746 e. The number of aryl methyl sites for hydroxylation is 1. The van der Waals surface area contributed by atoms with Gasteiger partial charge in [0, 0.05) is 0 Å². The second kappa shape index (κ2) is 15.7. The van der Waals surface area contributed by atoms with Crippen LogP contribution in [-0.4, -0.2) is 37.9 Å². The molecule has 0 aliphatic carbocycles. The summed E-state index contributed by atoms with van der Waals surface area (Å²) >= 11 is 0. The van der Waals surface area contributed by atoms with Crippen LogP contribution in [-0.2, 0) is 26.0 Å². The predicted molar refractivity (Wildman–Crippen MR) is 105 cm³/mol. The second-order valence-electron chi connectivity index (χ2n) is 6.65. The van der Waals surface area contributed by atoms with E-state index >= 15 is 0 Å². The average molecular weight is 425 g/mol. The zero-order valence-corrected chi connectivity index (χ0v) is 20.5. The van der Waals surface area contributed by atoms with Crippen LogP contribution in [0.25, 0.3) is 0 Å². The molecule has 0 bridgehead atoms. The van der Waals surface area contributed by atoms with Crippen molar-refractivity contribution in [2.45, 2.75) is 77.4 Å². The molecule has 1 aromatic rings. The molecule has 0 saturated carbocycles. The summed E-state index contributed by atoms with van der Waals surface area (Å²) in [4.78, 5) is 0. The van der Waals surface area contributed by atoms with E-state index < -0.39 is 21.8 Å². The van der Waals surface area contributed by atoms with Gasteiger partial charge in [-0.3, -0.25) is 0 Å². The summed E-state index contributed by atoms with van der Waals surface area (Å²) < 4.78 is 48.2. The van der Waals surface area contributed by atoms with Gasteiger partial charge >= 0.3 is 29.6 Å². The van der Waals surface area contributed by atoms with E-state index in [2.05, 4.69) is 19.1 Å². The van der Waals surface area contributed by atoms with E-state index in [9.17, 15) is 13.0 Å². The van der Waals surface area contributed by atoms with Crippen LogP contribution in [0.5, 0.6) is 5.75 Å². The molecule has 0 fully saturated rings. The Morgan fingerprint density at radius 1 is 0.964 bits per heavy atom. The molecule has 2 atom stereocenters. The van der Waals surface area contributed by atoms with Gasteiger partial charge in [0.2, 0.25) is 0 Å². The normalized spacial score (nSPS) is 13.6. The maximum Gasteiger partial charge on any atom is 1.00 e. The van der Waals surface area contributed by atoms with Crippen molar-refractivity contribution >= 4 is 10.1 Å². The minimum absolute atomic E-state index is 0. The summed E-state index contributed by atoms with van der Waals surface area (Å²) in [5, 5.41) is 0. The van der Waals surface area contributed by atoms with Crippen LogP contribution in [0.4, 0.5) is 0 Å². The smallest absolute Gasteiger partial charge is 0.746 e. The third-order valence-electron chi connectivity index (χ3n) is 4.24. The Hall–Kier alpha value is -0.150. The molecule has 0 saturated heterocycles. The Morgan fingerprint density at radius 3 is 2.18 bits per heavy atom. The first-order valence-corrected chi connectivity index (χ1v) is 11.2. The van der Waals surface area contributed by atoms with E-state index in [1.165, 1.54) is 51.0 Å². The van der Waals surface area contributed by atoms with Crippen molar-refractivity contribution in [2.24, 2.45) is 0 Å². The van der Waals surface area contributed by atoms with Gasteiger partial charge in [-0.05, 0) is 44.4 Å². The molecule has 0 heterocycles. The fourth-order valence-corrected chi connectivity index (χ4v) is 2.91. The third-order valence-corrected chi connectivity index (χ3v) is 5.16. The largest absolute Gasteiger partial charge is 1.00 e. The van der Waals surface area contributed by atoms with Gasteiger partial charge in [0.1, 0.15) is 27.9 Å². The van der Waals surface area contributed by atoms with E-state index in [1.807, 2.05) is 12.1 Å². The fourth-order valence-electron chi connectivity index (χ4n) is 2.61. The average Bonchev–Trinajstić information content (AvgIpc) is 2.62. The summed E-state index contributed by atoms with van der Waals surface area (Å²) in [7, 11) is -4.47. The second-order valence-corrected chi connectivity index (χ2v) is 8.29. The van der Waals surface area contributed by atoms with Gasteiger partial charge in [0.05, 0.1) is 6.61 Å². The van der Waals surface area contributed by atoms with Crippen molar-refractivity contribution in [1.82, 2.24) is 0 Å². The molecule has 2 unspecified atom stereocenters. The van der Waals surface area contributed by atoms with Crippen molar-refractivity contribution in [1.29, 1.82) is 0 Å². The van der Waals surface area contributed by atoms with Crippen LogP contribution in [0.1, 0.15) is 64.9 Å². The number of rotatable bonds is 15. The molecular formula is C20H33NaO6S. The number of hydrogen-bond donors (Lipinski definition) is 0. The Morgan fingerprint density at radius 2 is 1.57 bits per heavy atom. The summed E-state index contributed by atoms with van der Waals surface area (Å²) in [5.41, 5.74) is -0.128. The molecule has 6 nitrogen and oxygen atoms in total. The maximum absolute atomic E-state index is 10.8. The van der Waals surface area contributed by atoms with Crippen molar-refractivity contribution in [2.75, 3.05) is 13.2 Å². The molecule has 0 aromatic heterocycles. The standard InChI is InChI=1S/C20H34O6S.Na/c1-4-5-6-7-8-9-10-19-11-13-20(14-12-19)25-16-15-24-17(2)26-18(3)27(21,22)23;/h11-14,17-18H,4-10,15-16H2,1-3H3,(H,21,22,23);/q;+1/p-1. The summed E-state index contributed by atoms with van der Waals surface area (Å²) in [6, 6.07) is 8.04. The molecule has 0 N–H and O–H groups in total. The molecular weight excluding hydrogens is 391 g/mol. The van der Waals surface area contributed by atoms with Crippen LogP contribution in [0.3, 0.4) is 0 Å². The number of unbranched alkanes of at least 4 members (excludes halogenated alkanes) is 5. The maximum atomic E-state index is 10.8. The summed E-state index contributed by atoms with van der Waals surface area (Å²) in [6.45, 7) is 5.49. The first-order chi connectivity index (χ1) is 12.8. The first-order valence-electron chi connectivity index (χ1n) is 9.76.